The van der Waals surface area contributed by atoms with E-state index in [0.717, 1.165) is 58.1 Å². The second kappa shape index (κ2) is 12.8. The van der Waals surface area contributed by atoms with E-state index in [1.54, 1.807) is 25.1 Å². The van der Waals surface area contributed by atoms with E-state index in [-0.39, 0.29) is 5.92 Å². The summed E-state index contributed by atoms with van der Waals surface area (Å²) in [6, 6.07) is 15.3. The van der Waals surface area contributed by atoms with Crippen LogP contribution in [0, 0.1) is 11.8 Å². The minimum atomic E-state index is -0.744. The summed E-state index contributed by atoms with van der Waals surface area (Å²) in [5.41, 5.74) is 1.61. The zero-order chi connectivity index (χ0) is 25.5. The Hall–Kier alpha value is -2.32. The molecule has 0 bridgehead atoms. The smallest absolute Gasteiger partial charge is 0.308 e. The van der Waals surface area contributed by atoms with Gasteiger partial charge in [0.05, 0.1) is 24.6 Å². The van der Waals surface area contributed by atoms with Crippen molar-refractivity contribution in [2.75, 3.05) is 32.5 Å². The summed E-state index contributed by atoms with van der Waals surface area (Å²) in [5.74, 6) is 0.576. The van der Waals surface area contributed by atoms with Crippen molar-refractivity contribution >= 4 is 40.2 Å². The molecule has 3 aromatic rings. The van der Waals surface area contributed by atoms with Crippen LogP contribution in [0.2, 0.25) is 5.02 Å². The Morgan fingerprint density at radius 3 is 2.92 bits per heavy atom. The van der Waals surface area contributed by atoms with Crippen LogP contribution >= 0.6 is 23.4 Å². The fourth-order valence-electron chi connectivity index (χ4n) is 5.02. The summed E-state index contributed by atoms with van der Waals surface area (Å²) in [5, 5.41) is 22.5. The van der Waals surface area contributed by atoms with Gasteiger partial charge in [-0.15, -0.1) is 11.8 Å². The number of benzene rings is 2. The molecule has 0 amide bonds. The maximum atomic E-state index is 12.1. The lowest BCUT2D eigenvalue weighted by atomic mass is 9.81. The van der Waals surface area contributed by atoms with Crippen molar-refractivity contribution in [2.24, 2.45) is 11.8 Å². The van der Waals surface area contributed by atoms with Crippen LogP contribution in [0.25, 0.3) is 10.9 Å². The lowest BCUT2D eigenvalue weighted by Crippen LogP contribution is -2.44. The molecular formula is C28H33ClN2O4S. The second-order valence-corrected chi connectivity index (χ2v) is 10.9. The van der Waals surface area contributed by atoms with Gasteiger partial charge in [0.1, 0.15) is 5.75 Å². The average Bonchev–Trinajstić information content (AvgIpc) is 2.89. The van der Waals surface area contributed by atoms with Gasteiger partial charge in [-0.2, -0.15) is 0 Å². The van der Waals surface area contributed by atoms with Gasteiger partial charge in [0.25, 0.3) is 0 Å². The lowest BCUT2D eigenvalue weighted by Gasteiger charge is -2.37. The molecule has 0 aliphatic carbocycles. The summed E-state index contributed by atoms with van der Waals surface area (Å²) in [7, 11) is 1.62. The molecular weight excluding hydrogens is 496 g/mol. The Morgan fingerprint density at radius 2 is 2.14 bits per heavy atom. The first-order valence-electron chi connectivity index (χ1n) is 12.4. The molecule has 1 aromatic heterocycles. The van der Waals surface area contributed by atoms with E-state index in [1.165, 1.54) is 0 Å². The van der Waals surface area contributed by atoms with E-state index < -0.39 is 18.0 Å². The molecule has 1 fully saturated rings. The van der Waals surface area contributed by atoms with Crippen LogP contribution < -0.4 is 4.74 Å². The number of aliphatic carboxylic acids is 1. The lowest BCUT2D eigenvalue weighted by molar-refractivity contribution is -0.146. The number of thioether (sulfide) groups is 1. The summed E-state index contributed by atoms with van der Waals surface area (Å²) in [6.45, 7) is 2.34. The van der Waals surface area contributed by atoms with E-state index in [4.69, 9.17) is 16.3 Å². The Morgan fingerprint density at radius 1 is 1.28 bits per heavy atom. The summed E-state index contributed by atoms with van der Waals surface area (Å²) in [6.07, 6.45) is 4.03. The molecule has 0 saturated carbocycles. The van der Waals surface area contributed by atoms with Crippen LogP contribution in [0.15, 0.2) is 59.6 Å². The molecule has 36 heavy (non-hydrogen) atoms. The SMILES string of the molecule is COc1ccc2nccc(C(O)CC[C@@H]3CCN(CCCSc4cccc(Cl)c4)C[C@@H]3C(=O)O)c2c1. The first-order chi connectivity index (χ1) is 17.4. The predicted molar refractivity (Wildman–Crippen MR) is 145 cm³/mol. The monoisotopic (exact) mass is 528 g/mol. The highest BCUT2D eigenvalue weighted by Crippen LogP contribution is 2.34. The fraction of sp³-hybridized carbons (Fsp3) is 0.429. The zero-order valence-electron chi connectivity index (χ0n) is 20.5. The number of rotatable bonds is 11. The second-order valence-electron chi connectivity index (χ2n) is 9.33. The van der Waals surface area contributed by atoms with Gasteiger partial charge in [0.15, 0.2) is 0 Å². The highest BCUT2D eigenvalue weighted by Gasteiger charge is 2.34. The van der Waals surface area contributed by atoms with Gasteiger partial charge in [-0.3, -0.25) is 9.78 Å². The minimum Gasteiger partial charge on any atom is -0.497 e. The number of piperidine rings is 1. The fourth-order valence-corrected chi connectivity index (χ4v) is 6.17. The summed E-state index contributed by atoms with van der Waals surface area (Å²) in [4.78, 5) is 19.9. The van der Waals surface area contributed by atoms with Crippen LogP contribution in [-0.4, -0.2) is 58.6 Å². The molecule has 6 nitrogen and oxygen atoms in total. The number of aromatic nitrogens is 1. The quantitative estimate of drug-likeness (QED) is 0.236. The molecule has 2 aromatic carbocycles. The topological polar surface area (TPSA) is 82.9 Å². The molecule has 4 rings (SSSR count). The van der Waals surface area contributed by atoms with Gasteiger partial charge in [-0.1, -0.05) is 17.7 Å². The average molecular weight is 529 g/mol. The Labute approximate surface area is 221 Å². The largest absolute Gasteiger partial charge is 0.497 e. The molecule has 2 heterocycles. The number of aliphatic hydroxyl groups is 1. The van der Waals surface area contributed by atoms with Gasteiger partial charge < -0.3 is 19.8 Å². The van der Waals surface area contributed by atoms with Crippen LogP contribution in [0.5, 0.6) is 5.75 Å². The summed E-state index contributed by atoms with van der Waals surface area (Å²) >= 11 is 7.83. The third-order valence-corrected chi connectivity index (χ3v) is 8.31. The van der Waals surface area contributed by atoms with Crippen molar-refractivity contribution < 1.29 is 19.7 Å². The van der Waals surface area contributed by atoms with E-state index in [9.17, 15) is 15.0 Å². The number of likely N-dealkylation sites (tertiary alicyclic amines) is 1. The van der Waals surface area contributed by atoms with Crippen molar-refractivity contribution in [3.63, 3.8) is 0 Å². The maximum Gasteiger partial charge on any atom is 0.308 e. The number of hydrogen-bond acceptors (Lipinski definition) is 6. The first kappa shape index (κ1) is 26.7. The van der Waals surface area contributed by atoms with E-state index in [2.05, 4.69) is 16.0 Å². The van der Waals surface area contributed by atoms with E-state index >= 15 is 0 Å². The molecule has 8 heteroatoms. The number of pyridine rings is 1. The van der Waals surface area contributed by atoms with E-state index in [1.807, 2.05) is 42.5 Å². The number of hydrogen-bond donors (Lipinski definition) is 2. The van der Waals surface area contributed by atoms with Gasteiger partial charge in [0, 0.05) is 28.0 Å². The highest BCUT2D eigenvalue weighted by atomic mass is 35.5. The summed E-state index contributed by atoms with van der Waals surface area (Å²) < 4.78 is 5.34. The number of nitrogens with zero attached hydrogens (tertiary/aromatic N) is 2. The van der Waals surface area contributed by atoms with Crippen LogP contribution in [0.3, 0.4) is 0 Å². The van der Waals surface area contributed by atoms with Gasteiger partial charge >= 0.3 is 5.97 Å². The van der Waals surface area contributed by atoms with Gasteiger partial charge in [-0.05, 0) is 98.5 Å². The van der Waals surface area contributed by atoms with Crippen molar-refractivity contribution in [1.29, 1.82) is 0 Å². The predicted octanol–water partition coefficient (Wildman–Crippen LogP) is 5.92. The Balaban J connectivity index is 1.29. The number of methoxy groups -OCH3 is 1. The number of carboxylic acids is 1. The standard InChI is InChI=1S/C28H33ClN2O4S/c1-35-21-7-8-26-24(17-21)23(10-12-30-26)27(32)9-6-19-11-14-31(18-25(19)28(33)34)13-3-15-36-22-5-2-4-20(29)16-22/h2,4-5,7-8,10,12,16-17,19,25,27,32H,3,6,9,11,13-15,18H2,1H3,(H,33,34)/t19-,25+,27?/m1/s1. The molecule has 0 radical (unpaired) electrons. The third kappa shape index (κ3) is 6.91. The highest BCUT2D eigenvalue weighted by molar-refractivity contribution is 7.99. The van der Waals surface area contributed by atoms with Crippen molar-refractivity contribution in [1.82, 2.24) is 9.88 Å². The zero-order valence-corrected chi connectivity index (χ0v) is 22.0. The first-order valence-corrected chi connectivity index (χ1v) is 13.7. The van der Waals surface area contributed by atoms with Crippen molar-refractivity contribution in [3.8, 4) is 5.75 Å². The van der Waals surface area contributed by atoms with Crippen LogP contribution in [-0.2, 0) is 4.79 Å². The molecule has 1 unspecified atom stereocenters. The number of carboxylic acid groups (broad SMARTS) is 1. The van der Waals surface area contributed by atoms with Crippen molar-refractivity contribution in [3.05, 3.63) is 65.3 Å². The number of carbonyl (C=O) groups is 1. The van der Waals surface area contributed by atoms with Crippen molar-refractivity contribution in [2.45, 2.75) is 36.7 Å². The maximum absolute atomic E-state index is 12.1. The molecule has 2 N–H and O–H groups in total. The minimum absolute atomic E-state index is 0.0527. The number of ether oxygens (including phenoxy) is 1. The third-order valence-electron chi connectivity index (χ3n) is 6.99. The Kier molecular flexibility index (Phi) is 9.48. The van der Waals surface area contributed by atoms with Crippen LogP contribution in [0.4, 0.5) is 0 Å². The molecule has 192 valence electrons. The number of aliphatic hydroxyl groups excluding tert-OH is 1. The molecule has 0 spiro atoms. The van der Waals surface area contributed by atoms with Crippen LogP contribution in [0.1, 0.15) is 37.4 Å². The van der Waals surface area contributed by atoms with Gasteiger partial charge in [-0.25, -0.2) is 0 Å². The number of fused-ring (bicyclic) bond motifs is 1. The number of halogens is 1. The molecule has 1 aliphatic rings. The van der Waals surface area contributed by atoms with Gasteiger partial charge in [0.2, 0.25) is 0 Å². The Bertz CT molecular complexity index is 1180. The molecule has 3 atom stereocenters. The molecule has 1 saturated heterocycles. The van der Waals surface area contributed by atoms with E-state index in [0.29, 0.717) is 25.1 Å². The normalized spacial score (nSPS) is 19.3. The molecule has 1 aliphatic heterocycles.